The molecule has 1 heterocycles. The summed E-state index contributed by atoms with van der Waals surface area (Å²) in [4.78, 5) is 8.37. The molecule has 2 heteroatoms. The van der Waals surface area contributed by atoms with Gasteiger partial charge in [-0.05, 0) is 45.8 Å². The maximum atomic E-state index is 4.30. The van der Waals surface area contributed by atoms with Gasteiger partial charge in [-0.1, -0.05) is 24.3 Å². The molecule has 0 aliphatic rings. The van der Waals surface area contributed by atoms with Crippen LogP contribution in [-0.4, -0.2) is 9.97 Å². The average molecular weight is 230 g/mol. The zero-order chi connectivity index (χ0) is 11.9. The summed E-state index contributed by atoms with van der Waals surface area (Å²) in [6.07, 6.45) is 3.45. The van der Waals surface area contributed by atoms with Gasteiger partial charge in [-0.25, -0.2) is 9.97 Å². The Kier molecular flexibility index (Phi) is 1.86. The summed E-state index contributed by atoms with van der Waals surface area (Å²) in [5.41, 5.74) is 0.993. The highest BCUT2D eigenvalue weighted by molar-refractivity contribution is 6.03. The third-order valence-corrected chi connectivity index (χ3v) is 3.33. The number of hydrogen-bond acceptors (Lipinski definition) is 2. The lowest BCUT2D eigenvalue weighted by molar-refractivity contribution is 1.22. The van der Waals surface area contributed by atoms with Crippen molar-refractivity contribution in [2.24, 2.45) is 0 Å². The standard InChI is InChI=1S/C16H10N2/c1-2-4-12-6-14-8-16-15(9-17-10-18-16)7-13(14)5-11(12)3-1/h1-10H. The van der Waals surface area contributed by atoms with Gasteiger partial charge in [-0.2, -0.15) is 0 Å². The Morgan fingerprint density at radius 3 is 2.11 bits per heavy atom. The fourth-order valence-electron chi connectivity index (χ4n) is 2.42. The van der Waals surface area contributed by atoms with Crippen molar-refractivity contribution in [3.05, 3.63) is 61.1 Å². The summed E-state index contributed by atoms with van der Waals surface area (Å²) < 4.78 is 0. The van der Waals surface area contributed by atoms with E-state index in [4.69, 9.17) is 0 Å². The Morgan fingerprint density at radius 1 is 0.667 bits per heavy atom. The van der Waals surface area contributed by atoms with Crippen LogP contribution in [0.1, 0.15) is 0 Å². The van der Waals surface area contributed by atoms with Crippen molar-refractivity contribution in [1.29, 1.82) is 0 Å². The number of rotatable bonds is 0. The molecule has 0 amide bonds. The van der Waals surface area contributed by atoms with E-state index in [1.54, 1.807) is 6.33 Å². The Hall–Kier alpha value is -2.48. The molecule has 0 N–H and O–H groups in total. The molecule has 0 unspecified atom stereocenters. The van der Waals surface area contributed by atoms with E-state index in [0.717, 1.165) is 10.9 Å². The lowest BCUT2D eigenvalue weighted by Crippen LogP contribution is -1.82. The van der Waals surface area contributed by atoms with E-state index in [-0.39, 0.29) is 0 Å². The van der Waals surface area contributed by atoms with Crippen LogP contribution in [0, 0.1) is 0 Å². The van der Waals surface area contributed by atoms with E-state index < -0.39 is 0 Å². The van der Waals surface area contributed by atoms with Crippen molar-refractivity contribution < 1.29 is 0 Å². The molecule has 4 aromatic rings. The van der Waals surface area contributed by atoms with Crippen LogP contribution < -0.4 is 0 Å². The quantitative estimate of drug-likeness (QED) is 0.428. The van der Waals surface area contributed by atoms with E-state index in [1.807, 2.05) is 6.20 Å². The molecular weight excluding hydrogens is 220 g/mol. The number of hydrogen-bond donors (Lipinski definition) is 0. The van der Waals surface area contributed by atoms with Crippen molar-refractivity contribution in [3.63, 3.8) is 0 Å². The van der Waals surface area contributed by atoms with E-state index in [9.17, 15) is 0 Å². The Balaban J connectivity index is 2.20. The largest absolute Gasteiger partial charge is 0.244 e. The minimum Gasteiger partial charge on any atom is -0.244 e. The van der Waals surface area contributed by atoms with Crippen LogP contribution in [0.25, 0.3) is 32.4 Å². The zero-order valence-electron chi connectivity index (χ0n) is 9.67. The number of aromatic nitrogens is 2. The predicted octanol–water partition coefficient (Wildman–Crippen LogP) is 3.94. The molecule has 2 nitrogen and oxygen atoms in total. The lowest BCUT2D eigenvalue weighted by atomic mass is 10.0. The Morgan fingerprint density at radius 2 is 1.33 bits per heavy atom. The van der Waals surface area contributed by atoms with Gasteiger partial charge in [0.2, 0.25) is 0 Å². The minimum atomic E-state index is 0.993. The lowest BCUT2D eigenvalue weighted by Gasteiger charge is -2.04. The van der Waals surface area contributed by atoms with E-state index in [1.165, 1.54) is 21.5 Å². The van der Waals surface area contributed by atoms with Crippen LogP contribution in [0.4, 0.5) is 0 Å². The Labute approximate surface area is 104 Å². The number of fused-ring (bicyclic) bond motifs is 3. The van der Waals surface area contributed by atoms with Gasteiger partial charge in [0.1, 0.15) is 6.33 Å². The van der Waals surface area contributed by atoms with Gasteiger partial charge < -0.3 is 0 Å². The van der Waals surface area contributed by atoms with Crippen molar-refractivity contribution in [1.82, 2.24) is 9.97 Å². The van der Waals surface area contributed by atoms with E-state index in [0.29, 0.717) is 0 Å². The summed E-state index contributed by atoms with van der Waals surface area (Å²) in [6, 6.07) is 17.1. The number of benzene rings is 3. The third kappa shape index (κ3) is 1.36. The van der Waals surface area contributed by atoms with Crippen LogP contribution in [0.2, 0.25) is 0 Å². The third-order valence-electron chi connectivity index (χ3n) is 3.33. The van der Waals surface area contributed by atoms with Crippen LogP contribution in [-0.2, 0) is 0 Å². The molecule has 0 spiro atoms. The average Bonchev–Trinajstić information content (AvgIpc) is 2.42. The van der Waals surface area contributed by atoms with Crippen LogP contribution in [0.5, 0.6) is 0 Å². The fraction of sp³-hybridized carbons (Fsp3) is 0. The maximum absolute atomic E-state index is 4.30. The molecule has 0 bridgehead atoms. The summed E-state index contributed by atoms with van der Waals surface area (Å²) in [5, 5.41) is 6.07. The summed E-state index contributed by atoms with van der Waals surface area (Å²) in [5.74, 6) is 0. The molecule has 0 radical (unpaired) electrons. The SMILES string of the molecule is c1ccc2cc3cc4ncncc4cc3cc2c1. The van der Waals surface area contributed by atoms with Crippen molar-refractivity contribution >= 4 is 32.4 Å². The topological polar surface area (TPSA) is 25.8 Å². The zero-order valence-corrected chi connectivity index (χ0v) is 9.67. The highest BCUT2D eigenvalue weighted by atomic mass is 14.8. The monoisotopic (exact) mass is 230 g/mol. The summed E-state index contributed by atoms with van der Waals surface area (Å²) >= 11 is 0. The second-order valence-corrected chi connectivity index (χ2v) is 4.48. The van der Waals surface area contributed by atoms with Gasteiger partial charge in [0, 0.05) is 11.6 Å². The first-order valence-corrected chi connectivity index (χ1v) is 5.92. The van der Waals surface area contributed by atoms with Crippen LogP contribution in [0.15, 0.2) is 61.1 Å². The van der Waals surface area contributed by atoms with E-state index >= 15 is 0 Å². The molecule has 0 fully saturated rings. The first kappa shape index (κ1) is 9.54. The van der Waals surface area contributed by atoms with Gasteiger partial charge in [-0.15, -0.1) is 0 Å². The van der Waals surface area contributed by atoms with Gasteiger partial charge in [-0.3, -0.25) is 0 Å². The summed E-state index contributed by atoms with van der Waals surface area (Å²) in [6.45, 7) is 0. The van der Waals surface area contributed by atoms with Crippen molar-refractivity contribution in [2.45, 2.75) is 0 Å². The molecule has 4 rings (SSSR count). The number of nitrogens with zero attached hydrogens (tertiary/aromatic N) is 2. The molecule has 18 heavy (non-hydrogen) atoms. The normalized spacial score (nSPS) is 11.3. The highest BCUT2D eigenvalue weighted by Crippen LogP contribution is 2.25. The van der Waals surface area contributed by atoms with Gasteiger partial charge in [0.25, 0.3) is 0 Å². The van der Waals surface area contributed by atoms with Gasteiger partial charge in [0.05, 0.1) is 5.52 Å². The minimum absolute atomic E-state index is 0.993. The fourth-order valence-corrected chi connectivity index (χ4v) is 2.42. The van der Waals surface area contributed by atoms with Crippen LogP contribution in [0.3, 0.4) is 0 Å². The molecule has 0 aliphatic heterocycles. The maximum Gasteiger partial charge on any atom is 0.116 e. The molecule has 84 valence electrons. The first-order valence-electron chi connectivity index (χ1n) is 5.92. The smallest absolute Gasteiger partial charge is 0.116 e. The second-order valence-electron chi connectivity index (χ2n) is 4.48. The Bertz CT molecular complexity index is 737. The first-order chi connectivity index (χ1) is 8.90. The van der Waals surface area contributed by atoms with Crippen LogP contribution >= 0.6 is 0 Å². The van der Waals surface area contributed by atoms with Crippen molar-refractivity contribution in [2.75, 3.05) is 0 Å². The van der Waals surface area contributed by atoms with Crippen molar-refractivity contribution in [3.8, 4) is 0 Å². The molecule has 0 saturated heterocycles. The molecule has 0 atom stereocenters. The molecule has 3 aromatic carbocycles. The van der Waals surface area contributed by atoms with Gasteiger partial charge in [0.15, 0.2) is 0 Å². The molecular formula is C16H10N2. The second kappa shape index (κ2) is 3.50. The molecule has 0 saturated carbocycles. The van der Waals surface area contributed by atoms with Gasteiger partial charge >= 0.3 is 0 Å². The molecule has 0 aliphatic carbocycles. The highest BCUT2D eigenvalue weighted by Gasteiger charge is 2.01. The predicted molar refractivity (Wildman–Crippen MR) is 74.6 cm³/mol. The molecule has 1 aromatic heterocycles. The van der Waals surface area contributed by atoms with E-state index in [2.05, 4.69) is 58.5 Å². The summed E-state index contributed by atoms with van der Waals surface area (Å²) in [7, 11) is 0.